The molecule has 0 radical (unpaired) electrons. The molecule has 1 aromatic carbocycles. The summed E-state index contributed by atoms with van der Waals surface area (Å²) >= 11 is 7.86. The molecule has 0 saturated carbocycles. The fraction of sp³-hybridized carbons (Fsp3) is 0.412. The first kappa shape index (κ1) is 15.0. The van der Waals surface area contributed by atoms with Crippen molar-refractivity contribution in [1.29, 1.82) is 0 Å². The summed E-state index contributed by atoms with van der Waals surface area (Å²) in [7, 11) is 0. The first-order valence-electron chi connectivity index (χ1n) is 7.35. The lowest BCUT2D eigenvalue weighted by molar-refractivity contribution is -0.0413. The molecule has 0 N–H and O–H groups in total. The lowest BCUT2D eigenvalue weighted by Crippen LogP contribution is -2.00. The van der Waals surface area contributed by atoms with Crippen LogP contribution in [0.1, 0.15) is 48.0 Å². The lowest BCUT2D eigenvalue weighted by atomic mass is 9.89. The molecule has 0 unspecified atom stereocenters. The van der Waals surface area contributed by atoms with Gasteiger partial charge in [-0.3, -0.25) is 0 Å². The van der Waals surface area contributed by atoms with Gasteiger partial charge < -0.3 is 9.47 Å². The number of rotatable bonds is 5. The van der Waals surface area contributed by atoms with Gasteiger partial charge in [0.2, 0.25) is 0 Å². The molecule has 2 nitrogen and oxygen atoms in total. The Balaban J connectivity index is 1.86. The van der Waals surface area contributed by atoms with E-state index in [1.54, 1.807) is 11.3 Å². The SMILES string of the molecule is CCC[C@H](c1cccc(Cl)c1)c1csc(C2OCCO2)c1. The van der Waals surface area contributed by atoms with Gasteiger partial charge >= 0.3 is 0 Å². The molecule has 1 atom stereocenters. The maximum atomic E-state index is 6.15. The summed E-state index contributed by atoms with van der Waals surface area (Å²) in [5.74, 6) is 0.389. The van der Waals surface area contributed by atoms with E-state index in [2.05, 4.69) is 30.5 Å². The number of ether oxygens (including phenoxy) is 2. The smallest absolute Gasteiger partial charge is 0.193 e. The molecule has 0 aliphatic carbocycles. The predicted octanol–water partition coefficient (Wildman–Crippen LogP) is 5.38. The minimum atomic E-state index is -0.176. The lowest BCUT2D eigenvalue weighted by Gasteiger charge is -2.16. The van der Waals surface area contributed by atoms with Crippen molar-refractivity contribution in [2.75, 3.05) is 13.2 Å². The largest absolute Gasteiger partial charge is 0.345 e. The topological polar surface area (TPSA) is 18.5 Å². The molecule has 1 aliphatic rings. The highest BCUT2D eigenvalue weighted by Gasteiger charge is 2.22. The van der Waals surface area contributed by atoms with Gasteiger partial charge in [0, 0.05) is 10.9 Å². The summed E-state index contributed by atoms with van der Waals surface area (Å²) in [6.07, 6.45) is 2.08. The van der Waals surface area contributed by atoms with Crippen molar-refractivity contribution in [2.45, 2.75) is 32.0 Å². The number of hydrogen-bond donors (Lipinski definition) is 0. The van der Waals surface area contributed by atoms with Crippen LogP contribution in [0.3, 0.4) is 0 Å². The molecule has 4 heteroatoms. The Morgan fingerprint density at radius 1 is 1.24 bits per heavy atom. The minimum absolute atomic E-state index is 0.176. The van der Waals surface area contributed by atoms with Gasteiger partial charge in [-0.15, -0.1) is 11.3 Å². The average Bonchev–Trinajstić information content (AvgIpc) is 3.15. The summed E-state index contributed by atoms with van der Waals surface area (Å²) in [6.45, 7) is 3.59. The van der Waals surface area contributed by atoms with E-state index in [4.69, 9.17) is 21.1 Å². The molecule has 1 aliphatic heterocycles. The first-order chi connectivity index (χ1) is 10.3. The molecule has 1 aromatic heterocycles. The van der Waals surface area contributed by atoms with Crippen LogP contribution < -0.4 is 0 Å². The molecule has 3 rings (SSSR count). The third-order valence-corrected chi connectivity index (χ3v) is 4.93. The molecule has 1 fully saturated rings. The quantitative estimate of drug-likeness (QED) is 0.736. The van der Waals surface area contributed by atoms with Crippen molar-refractivity contribution in [3.05, 3.63) is 56.7 Å². The van der Waals surface area contributed by atoms with Gasteiger partial charge in [0.05, 0.1) is 18.1 Å². The molecule has 2 aromatic rings. The summed E-state index contributed by atoms with van der Waals surface area (Å²) in [4.78, 5) is 1.16. The second-order valence-corrected chi connectivity index (χ2v) is 6.63. The highest BCUT2D eigenvalue weighted by atomic mass is 35.5. The van der Waals surface area contributed by atoms with Crippen LogP contribution in [0.2, 0.25) is 5.02 Å². The predicted molar refractivity (Wildman–Crippen MR) is 87.2 cm³/mol. The van der Waals surface area contributed by atoms with E-state index >= 15 is 0 Å². The van der Waals surface area contributed by atoms with E-state index in [1.807, 2.05) is 12.1 Å². The van der Waals surface area contributed by atoms with E-state index in [1.165, 1.54) is 11.1 Å². The summed E-state index contributed by atoms with van der Waals surface area (Å²) in [5, 5.41) is 3.02. The van der Waals surface area contributed by atoms with Gasteiger partial charge in [-0.05, 0) is 41.1 Å². The van der Waals surface area contributed by atoms with Crippen LogP contribution in [0.25, 0.3) is 0 Å². The van der Waals surface area contributed by atoms with Crippen LogP contribution in [0, 0.1) is 0 Å². The second-order valence-electron chi connectivity index (χ2n) is 5.25. The molecule has 1 saturated heterocycles. The number of benzene rings is 1. The van der Waals surface area contributed by atoms with E-state index in [0.717, 1.165) is 22.7 Å². The number of halogens is 1. The van der Waals surface area contributed by atoms with Crippen LogP contribution >= 0.6 is 22.9 Å². The molecule has 0 spiro atoms. The van der Waals surface area contributed by atoms with Crippen molar-refractivity contribution in [3.8, 4) is 0 Å². The van der Waals surface area contributed by atoms with Crippen LogP contribution in [0.5, 0.6) is 0 Å². The highest BCUT2D eigenvalue weighted by molar-refractivity contribution is 7.10. The highest BCUT2D eigenvalue weighted by Crippen LogP contribution is 2.36. The molecular weight excluding hydrogens is 304 g/mol. The molecule has 2 heterocycles. The second kappa shape index (κ2) is 6.93. The zero-order chi connectivity index (χ0) is 14.7. The monoisotopic (exact) mass is 322 g/mol. The zero-order valence-corrected chi connectivity index (χ0v) is 13.6. The van der Waals surface area contributed by atoms with Crippen LogP contribution in [0.15, 0.2) is 35.7 Å². The Morgan fingerprint density at radius 2 is 2.05 bits per heavy atom. The van der Waals surface area contributed by atoms with Crippen LogP contribution in [-0.4, -0.2) is 13.2 Å². The Bertz CT molecular complexity index is 590. The first-order valence-corrected chi connectivity index (χ1v) is 8.60. The molecule has 112 valence electrons. The van der Waals surface area contributed by atoms with Gasteiger partial charge in [-0.25, -0.2) is 0 Å². The minimum Gasteiger partial charge on any atom is -0.345 e. The van der Waals surface area contributed by atoms with E-state index in [-0.39, 0.29) is 6.29 Å². The molecular formula is C17H19ClO2S. The van der Waals surface area contributed by atoms with Gasteiger partial charge in [0.1, 0.15) is 0 Å². The van der Waals surface area contributed by atoms with Crippen molar-refractivity contribution < 1.29 is 9.47 Å². The van der Waals surface area contributed by atoms with E-state index in [0.29, 0.717) is 19.1 Å². The maximum Gasteiger partial charge on any atom is 0.193 e. The van der Waals surface area contributed by atoms with Crippen LogP contribution in [-0.2, 0) is 9.47 Å². The number of hydrogen-bond acceptors (Lipinski definition) is 3. The van der Waals surface area contributed by atoms with Gasteiger partial charge in [0.25, 0.3) is 0 Å². The molecule has 0 amide bonds. The third kappa shape index (κ3) is 3.49. The van der Waals surface area contributed by atoms with Crippen molar-refractivity contribution >= 4 is 22.9 Å². The van der Waals surface area contributed by atoms with Gasteiger partial charge in [-0.2, -0.15) is 0 Å². The van der Waals surface area contributed by atoms with Crippen molar-refractivity contribution in [3.63, 3.8) is 0 Å². The maximum absolute atomic E-state index is 6.15. The normalized spacial score (nSPS) is 17.2. The van der Waals surface area contributed by atoms with Crippen LogP contribution in [0.4, 0.5) is 0 Å². The van der Waals surface area contributed by atoms with Crippen molar-refractivity contribution in [2.24, 2.45) is 0 Å². The van der Waals surface area contributed by atoms with E-state index in [9.17, 15) is 0 Å². The zero-order valence-electron chi connectivity index (χ0n) is 12.0. The van der Waals surface area contributed by atoms with Gasteiger partial charge in [0.15, 0.2) is 6.29 Å². The Morgan fingerprint density at radius 3 is 2.76 bits per heavy atom. The summed E-state index contributed by atoms with van der Waals surface area (Å²) in [6, 6.07) is 10.4. The third-order valence-electron chi connectivity index (χ3n) is 3.72. The van der Waals surface area contributed by atoms with Crippen molar-refractivity contribution in [1.82, 2.24) is 0 Å². The Kier molecular flexibility index (Phi) is 4.96. The fourth-order valence-electron chi connectivity index (χ4n) is 2.74. The Labute approximate surface area is 134 Å². The number of thiophene rings is 1. The summed E-state index contributed by atoms with van der Waals surface area (Å²) in [5.41, 5.74) is 2.61. The van der Waals surface area contributed by atoms with Gasteiger partial charge in [-0.1, -0.05) is 37.1 Å². The standard InChI is InChI=1S/C17H19ClO2S/c1-2-4-15(12-5-3-6-14(18)9-12)13-10-16(21-11-13)17-19-7-8-20-17/h3,5-6,9-11,15,17H,2,4,7-8H2,1H3/t15-/m1/s1. The average molecular weight is 323 g/mol. The van der Waals surface area contributed by atoms with E-state index < -0.39 is 0 Å². The fourth-order valence-corrected chi connectivity index (χ4v) is 3.89. The molecule has 21 heavy (non-hydrogen) atoms. The summed E-state index contributed by atoms with van der Waals surface area (Å²) < 4.78 is 11.2. The molecule has 0 bridgehead atoms. The Hall–Kier alpha value is -0.870.